The predicted octanol–water partition coefficient (Wildman–Crippen LogP) is 1.58. The summed E-state index contributed by atoms with van der Waals surface area (Å²) in [6, 6.07) is 8.12. The van der Waals surface area contributed by atoms with Gasteiger partial charge in [-0.1, -0.05) is 30.7 Å². The van der Waals surface area contributed by atoms with Crippen LogP contribution in [0.2, 0.25) is 0 Å². The number of benzene rings is 1. The standard InChI is InChI=1S/C20H25N7O2S/c1-12-24-26-19(27-25-12)14-8-6-13(7-9-14)10-21-17(28)5-3-2-4-16-18-15(11-30-16)22-20(29)23-18/h6-9,15-16,18H,2-5,10-11H2,1H3,(H,21,28)(H2,22,23,29)/t15-,16-,18-/m0/s1. The number of aryl methyl sites for hydroxylation is 1. The fraction of sp³-hybridized carbons (Fsp3) is 0.500. The second kappa shape index (κ2) is 9.38. The van der Waals surface area contributed by atoms with Gasteiger partial charge >= 0.3 is 6.03 Å². The van der Waals surface area contributed by atoms with Crippen LogP contribution in [0, 0.1) is 6.92 Å². The first-order valence-electron chi connectivity index (χ1n) is 10.2. The molecule has 0 aliphatic carbocycles. The quantitative estimate of drug-likeness (QED) is 0.432. The molecular weight excluding hydrogens is 402 g/mol. The van der Waals surface area contributed by atoms with Crippen molar-refractivity contribution < 1.29 is 9.59 Å². The molecule has 2 fully saturated rings. The van der Waals surface area contributed by atoms with Crippen molar-refractivity contribution in [2.45, 2.75) is 56.5 Å². The number of nitrogens with zero attached hydrogens (tertiary/aromatic N) is 4. The third-order valence-electron chi connectivity index (χ3n) is 5.36. The molecule has 0 spiro atoms. The molecule has 2 aromatic rings. The van der Waals surface area contributed by atoms with Crippen molar-refractivity contribution in [1.82, 2.24) is 36.3 Å². The average Bonchev–Trinajstić information content (AvgIpc) is 3.30. The number of urea groups is 1. The van der Waals surface area contributed by atoms with E-state index < -0.39 is 0 Å². The number of aromatic nitrogens is 4. The maximum absolute atomic E-state index is 12.1. The van der Waals surface area contributed by atoms with Crippen molar-refractivity contribution in [1.29, 1.82) is 0 Å². The van der Waals surface area contributed by atoms with E-state index in [1.54, 1.807) is 6.92 Å². The predicted molar refractivity (Wildman–Crippen MR) is 114 cm³/mol. The van der Waals surface area contributed by atoms with E-state index in [0.29, 0.717) is 29.9 Å². The van der Waals surface area contributed by atoms with Gasteiger partial charge in [-0.15, -0.1) is 20.4 Å². The maximum atomic E-state index is 12.1. The van der Waals surface area contributed by atoms with E-state index in [1.165, 1.54) is 0 Å². The Bertz CT molecular complexity index is 891. The Hall–Kier alpha value is -2.75. The zero-order chi connectivity index (χ0) is 20.9. The van der Waals surface area contributed by atoms with Gasteiger partial charge in [-0.2, -0.15) is 11.8 Å². The lowest BCUT2D eigenvalue weighted by Crippen LogP contribution is -2.36. The summed E-state index contributed by atoms with van der Waals surface area (Å²) in [4.78, 5) is 23.6. The SMILES string of the molecule is Cc1nnc(-c2ccc(CNC(=O)CCCC[C@@H]3SC[C@@H]4NC(=O)N[C@@H]43)cc2)nn1. The van der Waals surface area contributed by atoms with E-state index in [-0.39, 0.29) is 24.0 Å². The molecule has 2 aliphatic heterocycles. The number of unbranched alkanes of at least 4 members (excludes halogenated alkanes) is 1. The van der Waals surface area contributed by atoms with Crippen LogP contribution in [0.5, 0.6) is 0 Å². The maximum Gasteiger partial charge on any atom is 0.315 e. The van der Waals surface area contributed by atoms with E-state index in [0.717, 1.165) is 36.1 Å². The zero-order valence-corrected chi connectivity index (χ0v) is 17.6. The van der Waals surface area contributed by atoms with Crippen molar-refractivity contribution in [2.24, 2.45) is 0 Å². The molecule has 1 aromatic carbocycles. The first kappa shape index (κ1) is 20.5. The molecule has 3 atom stereocenters. The van der Waals surface area contributed by atoms with Gasteiger partial charge < -0.3 is 16.0 Å². The van der Waals surface area contributed by atoms with Gasteiger partial charge in [0.05, 0.1) is 12.1 Å². The van der Waals surface area contributed by atoms with Crippen LogP contribution >= 0.6 is 11.8 Å². The Morgan fingerprint density at radius 3 is 2.67 bits per heavy atom. The van der Waals surface area contributed by atoms with Gasteiger partial charge in [0.25, 0.3) is 0 Å². The van der Waals surface area contributed by atoms with E-state index >= 15 is 0 Å². The van der Waals surface area contributed by atoms with Gasteiger partial charge in [-0.25, -0.2) is 4.79 Å². The first-order chi connectivity index (χ1) is 14.6. The highest BCUT2D eigenvalue weighted by molar-refractivity contribution is 8.00. The van der Waals surface area contributed by atoms with Gasteiger partial charge in [0.1, 0.15) is 0 Å². The summed E-state index contributed by atoms with van der Waals surface area (Å²) in [5.74, 6) is 2.04. The van der Waals surface area contributed by atoms with Crippen LogP contribution in [0.25, 0.3) is 11.4 Å². The molecule has 2 saturated heterocycles. The Balaban J connectivity index is 1.14. The smallest absolute Gasteiger partial charge is 0.315 e. The Morgan fingerprint density at radius 2 is 1.90 bits per heavy atom. The second-order valence-electron chi connectivity index (χ2n) is 7.61. The van der Waals surface area contributed by atoms with Crippen molar-refractivity contribution in [2.75, 3.05) is 5.75 Å². The number of thioether (sulfide) groups is 1. The molecule has 0 bridgehead atoms. The average molecular weight is 428 g/mol. The summed E-state index contributed by atoms with van der Waals surface area (Å²) in [5, 5.41) is 25.2. The highest BCUT2D eigenvalue weighted by Crippen LogP contribution is 2.33. The molecule has 2 aliphatic rings. The fourth-order valence-electron chi connectivity index (χ4n) is 3.73. The van der Waals surface area contributed by atoms with E-state index in [1.807, 2.05) is 36.0 Å². The molecule has 0 unspecified atom stereocenters. The van der Waals surface area contributed by atoms with Gasteiger partial charge in [0, 0.05) is 29.5 Å². The molecule has 158 valence electrons. The van der Waals surface area contributed by atoms with E-state index in [4.69, 9.17) is 0 Å². The number of hydrogen-bond acceptors (Lipinski definition) is 7. The van der Waals surface area contributed by atoms with Gasteiger partial charge in [0.15, 0.2) is 5.82 Å². The summed E-state index contributed by atoms with van der Waals surface area (Å²) in [6.45, 7) is 2.23. The molecule has 4 rings (SSSR count). The Morgan fingerprint density at radius 1 is 1.13 bits per heavy atom. The highest BCUT2D eigenvalue weighted by Gasteiger charge is 2.42. The summed E-state index contributed by atoms with van der Waals surface area (Å²) in [5.41, 5.74) is 1.85. The lowest BCUT2D eigenvalue weighted by molar-refractivity contribution is -0.121. The second-order valence-corrected chi connectivity index (χ2v) is 8.88. The third-order valence-corrected chi connectivity index (χ3v) is 6.87. The summed E-state index contributed by atoms with van der Waals surface area (Å²) >= 11 is 1.91. The molecular formula is C20H25N7O2S. The lowest BCUT2D eigenvalue weighted by atomic mass is 10.0. The molecule has 1 aromatic heterocycles. The molecule has 3 amide bonds. The van der Waals surface area contributed by atoms with Crippen LogP contribution in [0.1, 0.15) is 37.1 Å². The fourth-order valence-corrected chi connectivity index (χ4v) is 5.27. The number of nitrogens with one attached hydrogen (secondary N) is 3. The van der Waals surface area contributed by atoms with Gasteiger partial charge in [-0.05, 0) is 25.3 Å². The molecule has 3 N–H and O–H groups in total. The highest BCUT2D eigenvalue weighted by atomic mass is 32.2. The monoisotopic (exact) mass is 427 g/mol. The van der Waals surface area contributed by atoms with Crippen LogP contribution in [-0.2, 0) is 11.3 Å². The van der Waals surface area contributed by atoms with Crippen molar-refractivity contribution in [3.8, 4) is 11.4 Å². The van der Waals surface area contributed by atoms with Crippen LogP contribution < -0.4 is 16.0 Å². The largest absolute Gasteiger partial charge is 0.352 e. The normalized spacial score (nSPS) is 22.3. The van der Waals surface area contributed by atoms with E-state index in [9.17, 15) is 9.59 Å². The minimum absolute atomic E-state index is 0.0533. The summed E-state index contributed by atoms with van der Waals surface area (Å²) in [7, 11) is 0. The number of carbonyl (C=O) groups is 2. The summed E-state index contributed by atoms with van der Waals surface area (Å²) in [6.07, 6.45) is 3.37. The van der Waals surface area contributed by atoms with Crippen LogP contribution in [0.4, 0.5) is 4.79 Å². The van der Waals surface area contributed by atoms with Crippen molar-refractivity contribution in [3.63, 3.8) is 0 Å². The molecule has 0 saturated carbocycles. The van der Waals surface area contributed by atoms with Gasteiger partial charge in [0.2, 0.25) is 11.7 Å². The third kappa shape index (κ3) is 5.05. The Kier molecular flexibility index (Phi) is 6.41. The minimum Gasteiger partial charge on any atom is -0.352 e. The van der Waals surface area contributed by atoms with Crippen molar-refractivity contribution >= 4 is 23.7 Å². The van der Waals surface area contributed by atoms with E-state index in [2.05, 4.69) is 36.3 Å². The number of amides is 3. The molecule has 9 nitrogen and oxygen atoms in total. The number of carbonyl (C=O) groups excluding carboxylic acids is 2. The van der Waals surface area contributed by atoms with Crippen LogP contribution in [0.3, 0.4) is 0 Å². The molecule has 0 radical (unpaired) electrons. The molecule has 3 heterocycles. The van der Waals surface area contributed by atoms with Crippen LogP contribution in [0.15, 0.2) is 24.3 Å². The zero-order valence-electron chi connectivity index (χ0n) is 16.8. The number of fused-ring (bicyclic) bond motifs is 1. The Labute approximate surface area is 179 Å². The summed E-state index contributed by atoms with van der Waals surface area (Å²) < 4.78 is 0. The molecule has 10 heteroatoms. The van der Waals surface area contributed by atoms with Crippen LogP contribution in [-0.4, -0.2) is 55.4 Å². The topological polar surface area (TPSA) is 122 Å². The lowest BCUT2D eigenvalue weighted by Gasteiger charge is -2.16. The van der Waals surface area contributed by atoms with Gasteiger partial charge in [-0.3, -0.25) is 4.79 Å². The van der Waals surface area contributed by atoms with Crippen molar-refractivity contribution in [3.05, 3.63) is 35.7 Å². The number of rotatable bonds is 8. The number of hydrogen-bond donors (Lipinski definition) is 3. The first-order valence-corrected chi connectivity index (χ1v) is 11.2. The minimum atomic E-state index is -0.0533. The molecule has 30 heavy (non-hydrogen) atoms.